The van der Waals surface area contributed by atoms with Crippen molar-refractivity contribution in [2.45, 2.75) is 6.42 Å². The first kappa shape index (κ1) is 9.90. The molecule has 0 aromatic carbocycles. The molecule has 0 spiro atoms. The summed E-state index contributed by atoms with van der Waals surface area (Å²) in [5.74, 6) is -1.67. The predicted octanol–water partition coefficient (Wildman–Crippen LogP) is -0.0898. The lowest BCUT2D eigenvalue weighted by Gasteiger charge is -1.96. The van der Waals surface area contributed by atoms with Crippen molar-refractivity contribution in [3.63, 3.8) is 0 Å². The minimum atomic E-state index is -1.17. The van der Waals surface area contributed by atoms with E-state index in [-0.39, 0.29) is 5.69 Å². The van der Waals surface area contributed by atoms with Crippen LogP contribution in [-0.4, -0.2) is 21.0 Å². The van der Waals surface area contributed by atoms with E-state index < -0.39 is 28.6 Å². The van der Waals surface area contributed by atoms with Gasteiger partial charge in [0.2, 0.25) is 0 Å². The summed E-state index contributed by atoms with van der Waals surface area (Å²) in [6.07, 6.45) is -0.448. The Morgan fingerprint density at radius 1 is 1.57 bits per heavy atom. The largest absolute Gasteiger partial charge is 0.481 e. The molecule has 0 amide bonds. The number of carbonyl (C=O) groups is 1. The first-order valence-corrected chi connectivity index (χ1v) is 3.58. The Morgan fingerprint density at radius 2 is 2.21 bits per heavy atom. The van der Waals surface area contributed by atoms with Crippen LogP contribution in [0.25, 0.3) is 0 Å². The normalized spacial score (nSPS) is 9.71. The third kappa shape index (κ3) is 2.41. The smallest absolute Gasteiger partial charge is 0.324 e. The maximum Gasteiger partial charge on any atom is 0.324 e. The highest BCUT2D eigenvalue weighted by molar-refractivity contribution is 5.69. The topological polar surface area (TPSA) is 113 Å². The molecule has 0 saturated heterocycles. The first-order valence-electron chi connectivity index (χ1n) is 3.58. The van der Waals surface area contributed by atoms with Crippen molar-refractivity contribution in [1.82, 2.24) is 4.98 Å². The fourth-order valence-electron chi connectivity index (χ4n) is 0.941. The number of H-pyrrole nitrogens is 1. The van der Waals surface area contributed by atoms with Gasteiger partial charge in [0, 0.05) is 6.07 Å². The van der Waals surface area contributed by atoms with Gasteiger partial charge in [-0.05, 0) is 4.92 Å². The average molecular weight is 198 g/mol. The molecule has 1 heterocycles. The van der Waals surface area contributed by atoms with Gasteiger partial charge in [-0.1, -0.05) is 0 Å². The number of rotatable bonds is 3. The zero-order valence-corrected chi connectivity index (χ0v) is 6.89. The summed E-state index contributed by atoms with van der Waals surface area (Å²) in [5, 5.41) is 18.7. The molecule has 1 rings (SSSR count). The SMILES string of the molecule is O=C(O)Cc1cc(=O)cc([N+](=O)[O-])[nH]1. The number of nitrogens with zero attached hydrogens (tertiary/aromatic N) is 1. The van der Waals surface area contributed by atoms with Crippen LogP contribution in [0.3, 0.4) is 0 Å². The molecule has 2 N–H and O–H groups in total. The maximum absolute atomic E-state index is 10.9. The summed E-state index contributed by atoms with van der Waals surface area (Å²) in [5.41, 5.74) is -0.580. The van der Waals surface area contributed by atoms with Gasteiger partial charge in [-0.3, -0.25) is 9.59 Å². The molecule has 7 heteroatoms. The van der Waals surface area contributed by atoms with Crippen LogP contribution >= 0.6 is 0 Å². The molecule has 0 aliphatic rings. The van der Waals surface area contributed by atoms with Crippen LogP contribution in [0.4, 0.5) is 5.82 Å². The molecule has 0 unspecified atom stereocenters. The molecule has 0 saturated carbocycles. The second kappa shape index (κ2) is 3.69. The molecular formula is C7H6N2O5. The van der Waals surface area contributed by atoms with Gasteiger partial charge in [-0.2, -0.15) is 0 Å². The average Bonchev–Trinajstić information content (AvgIpc) is 2.01. The molecule has 0 aliphatic carbocycles. The number of hydrogen-bond acceptors (Lipinski definition) is 4. The van der Waals surface area contributed by atoms with E-state index in [4.69, 9.17) is 5.11 Å². The Balaban J connectivity index is 3.13. The van der Waals surface area contributed by atoms with Crippen LogP contribution in [0.2, 0.25) is 0 Å². The monoisotopic (exact) mass is 198 g/mol. The Morgan fingerprint density at radius 3 is 2.71 bits per heavy atom. The van der Waals surface area contributed by atoms with Crippen molar-refractivity contribution < 1.29 is 14.8 Å². The number of pyridine rings is 1. The highest BCUT2D eigenvalue weighted by atomic mass is 16.6. The van der Waals surface area contributed by atoms with Gasteiger partial charge in [0.25, 0.3) is 0 Å². The molecule has 1 aromatic heterocycles. The summed E-state index contributed by atoms with van der Waals surface area (Å²) in [6, 6.07) is 1.81. The number of aromatic nitrogens is 1. The molecule has 74 valence electrons. The van der Waals surface area contributed by atoms with Crippen LogP contribution in [0, 0.1) is 10.1 Å². The Bertz CT molecular complexity index is 436. The van der Waals surface area contributed by atoms with Gasteiger partial charge in [0.15, 0.2) is 5.43 Å². The number of aromatic amines is 1. The quantitative estimate of drug-likeness (QED) is 0.520. The minimum Gasteiger partial charge on any atom is -0.481 e. The zero-order chi connectivity index (χ0) is 10.7. The Labute approximate surface area is 77.2 Å². The molecule has 1 aromatic rings. The standard InChI is InChI=1S/C7H6N2O5/c10-5-1-4(2-7(11)12)8-6(3-5)9(13)14/h1,3H,2H2,(H,8,10)(H,11,12). The van der Waals surface area contributed by atoms with Crippen LogP contribution in [-0.2, 0) is 11.2 Å². The number of nitrogens with one attached hydrogen (secondary N) is 1. The van der Waals surface area contributed by atoms with E-state index in [1.54, 1.807) is 0 Å². The van der Waals surface area contributed by atoms with Crippen LogP contribution < -0.4 is 5.43 Å². The van der Waals surface area contributed by atoms with Crippen LogP contribution in [0.1, 0.15) is 5.69 Å². The van der Waals surface area contributed by atoms with Gasteiger partial charge in [-0.15, -0.1) is 0 Å². The molecule has 0 radical (unpaired) electrons. The van der Waals surface area contributed by atoms with E-state index in [1.165, 1.54) is 0 Å². The third-order valence-corrected chi connectivity index (χ3v) is 1.42. The molecular weight excluding hydrogens is 192 g/mol. The third-order valence-electron chi connectivity index (χ3n) is 1.42. The van der Waals surface area contributed by atoms with E-state index in [0.717, 1.165) is 12.1 Å². The van der Waals surface area contributed by atoms with Gasteiger partial charge >= 0.3 is 11.8 Å². The van der Waals surface area contributed by atoms with Gasteiger partial charge in [0.05, 0.1) is 6.07 Å². The lowest BCUT2D eigenvalue weighted by Crippen LogP contribution is -2.10. The van der Waals surface area contributed by atoms with Crippen LogP contribution in [0.15, 0.2) is 16.9 Å². The number of carboxylic acids is 1. The summed E-state index contributed by atoms with van der Waals surface area (Å²) in [4.78, 5) is 32.9. The summed E-state index contributed by atoms with van der Waals surface area (Å²) >= 11 is 0. The minimum absolute atomic E-state index is 0.0108. The zero-order valence-electron chi connectivity index (χ0n) is 6.89. The maximum atomic E-state index is 10.9. The van der Waals surface area contributed by atoms with E-state index >= 15 is 0 Å². The molecule has 0 atom stereocenters. The van der Waals surface area contributed by atoms with Gasteiger partial charge in [-0.25, -0.2) is 4.98 Å². The fourth-order valence-corrected chi connectivity index (χ4v) is 0.941. The van der Waals surface area contributed by atoms with Crippen molar-refractivity contribution in [3.05, 3.63) is 38.2 Å². The summed E-state index contributed by atoms with van der Waals surface area (Å²) in [6.45, 7) is 0. The summed E-state index contributed by atoms with van der Waals surface area (Å²) < 4.78 is 0. The van der Waals surface area contributed by atoms with Crippen molar-refractivity contribution in [3.8, 4) is 0 Å². The van der Waals surface area contributed by atoms with Gasteiger partial charge in [0.1, 0.15) is 12.1 Å². The van der Waals surface area contributed by atoms with Crippen molar-refractivity contribution >= 4 is 11.8 Å². The number of aliphatic carboxylic acids is 1. The fraction of sp³-hybridized carbons (Fsp3) is 0.143. The van der Waals surface area contributed by atoms with Crippen molar-refractivity contribution in [2.24, 2.45) is 0 Å². The second-order valence-electron chi connectivity index (χ2n) is 2.55. The van der Waals surface area contributed by atoms with E-state index in [9.17, 15) is 19.7 Å². The lowest BCUT2D eigenvalue weighted by molar-refractivity contribution is -0.389. The molecule has 0 bridgehead atoms. The summed E-state index contributed by atoms with van der Waals surface area (Å²) in [7, 11) is 0. The van der Waals surface area contributed by atoms with E-state index in [0.29, 0.717) is 0 Å². The Kier molecular flexibility index (Phi) is 2.61. The molecule has 14 heavy (non-hydrogen) atoms. The number of nitro groups is 1. The van der Waals surface area contributed by atoms with E-state index in [2.05, 4.69) is 4.98 Å². The van der Waals surface area contributed by atoms with Crippen molar-refractivity contribution in [2.75, 3.05) is 0 Å². The lowest BCUT2D eigenvalue weighted by atomic mass is 10.2. The predicted molar refractivity (Wildman–Crippen MR) is 45.1 cm³/mol. The second-order valence-corrected chi connectivity index (χ2v) is 2.55. The highest BCUT2D eigenvalue weighted by Crippen LogP contribution is 2.04. The molecule has 0 aliphatic heterocycles. The van der Waals surface area contributed by atoms with E-state index in [1.807, 2.05) is 0 Å². The van der Waals surface area contributed by atoms with Gasteiger partial charge < -0.3 is 15.2 Å². The highest BCUT2D eigenvalue weighted by Gasteiger charge is 2.10. The first-order chi connectivity index (χ1) is 6.49. The molecule has 7 nitrogen and oxygen atoms in total. The number of hydrogen-bond donors (Lipinski definition) is 2. The van der Waals surface area contributed by atoms with Crippen molar-refractivity contribution in [1.29, 1.82) is 0 Å². The molecule has 0 fully saturated rings. The number of carboxylic acid groups (broad SMARTS) is 1. The Hall–Kier alpha value is -2.18. The van der Waals surface area contributed by atoms with Crippen LogP contribution in [0.5, 0.6) is 0 Å².